The first kappa shape index (κ1) is 12.9. The summed E-state index contributed by atoms with van der Waals surface area (Å²) < 4.78 is 4.93. The van der Waals surface area contributed by atoms with Crippen LogP contribution in [-0.4, -0.2) is 38.9 Å². The highest BCUT2D eigenvalue weighted by Crippen LogP contribution is 2.05. The highest BCUT2D eigenvalue weighted by atomic mass is 16.5. The molecule has 0 aliphatic heterocycles. The zero-order valence-corrected chi connectivity index (χ0v) is 9.44. The lowest BCUT2D eigenvalue weighted by Crippen LogP contribution is -2.42. The van der Waals surface area contributed by atoms with E-state index in [9.17, 15) is 0 Å². The molecule has 0 aromatic heterocycles. The molecule has 0 saturated carbocycles. The lowest BCUT2D eigenvalue weighted by Gasteiger charge is -2.24. The lowest BCUT2D eigenvalue weighted by atomic mass is 10.0. The Balaban J connectivity index is 3.16. The second-order valence-electron chi connectivity index (χ2n) is 3.91. The van der Waals surface area contributed by atoms with Gasteiger partial charge in [-0.2, -0.15) is 0 Å². The van der Waals surface area contributed by atoms with Crippen LogP contribution < -0.4 is 10.6 Å². The van der Waals surface area contributed by atoms with E-state index in [1.165, 1.54) is 0 Å². The average Bonchev–Trinajstić information content (AvgIpc) is 2.11. The summed E-state index contributed by atoms with van der Waals surface area (Å²) in [6.07, 6.45) is 1.16. The van der Waals surface area contributed by atoms with Crippen LogP contribution >= 0.6 is 0 Å². The normalized spacial score (nSPS) is 12.0. The van der Waals surface area contributed by atoms with E-state index < -0.39 is 0 Å². The highest BCUT2D eigenvalue weighted by Gasteiger charge is 2.11. The van der Waals surface area contributed by atoms with Crippen molar-refractivity contribution >= 4 is 0 Å². The largest absolute Gasteiger partial charge is 0.383 e. The van der Waals surface area contributed by atoms with E-state index in [4.69, 9.17) is 4.74 Å². The molecule has 0 aliphatic rings. The molecule has 0 heterocycles. The number of nitrogens with one attached hydrogen (secondary N) is 2. The maximum absolute atomic E-state index is 4.93. The summed E-state index contributed by atoms with van der Waals surface area (Å²) in [4.78, 5) is 0. The smallest absolute Gasteiger partial charge is 0.0587 e. The van der Waals surface area contributed by atoms with Crippen molar-refractivity contribution in [3.05, 3.63) is 0 Å². The Labute approximate surface area is 82.2 Å². The Morgan fingerprint density at radius 1 is 1.15 bits per heavy atom. The predicted octanol–water partition coefficient (Wildman–Crippen LogP) is 1.00. The third-order valence-corrected chi connectivity index (χ3v) is 2.27. The van der Waals surface area contributed by atoms with Crippen molar-refractivity contribution in [2.24, 2.45) is 0 Å². The van der Waals surface area contributed by atoms with E-state index in [0.717, 1.165) is 32.7 Å². The summed E-state index contributed by atoms with van der Waals surface area (Å²) in [7, 11) is 1.72. The third-order valence-electron chi connectivity index (χ3n) is 2.27. The molecule has 0 fully saturated rings. The van der Waals surface area contributed by atoms with Crippen LogP contribution in [0, 0.1) is 0 Å². The van der Waals surface area contributed by atoms with Crippen LogP contribution in [0.5, 0.6) is 0 Å². The van der Waals surface area contributed by atoms with Gasteiger partial charge in [0.05, 0.1) is 6.61 Å². The van der Waals surface area contributed by atoms with E-state index >= 15 is 0 Å². The summed E-state index contributed by atoms with van der Waals surface area (Å²) in [5.74, 6) is 0. The molecule has 2 N–H and O–H groups in total. The van der Waals surface area contributed by atoms with Crippen LogP contribution in [0.15, 0.2) is 0 Å². The molecule has 0 aromatic rings. The van der Waals surface area contributed by atoms with E-state index in [1.807, 2.05) is 0 Å². The molecule has 0 aromatic carbocycles. The summed E-state index contributed by atoms with van der Waals surface area (Å²) >= 11 is 0. The van der Waals surface area contributed by atoms with E-state index in [1.54, 1.807) is 7.11 Å². The molecule has 0 aliphatic carbocycles. The Hall–Kier alpha value is -0.120. The number of rotatable bonds is 8. The van der Waals surface area contributed by atoms with E-state index in [-0.39, 0.29) is 5.54 Å². The summed E-state index contributed by atoms with van der Waals surface area (Å²) in [5, 5.41) is 6.78. The van der Waals surface area contributed by atoms with Crippen molar-refractivity contribution in [3.63, 3.8) is 0 Å². The maximum Gasteiger partial charge on any atom is 0.0587 e. The highest BCUT2D eigenvalue weighted by molar-refractivity contribution is 4.75. The number of ether oxygens (including phenoxy) is 1. The molecule has 3 heteroatoms. The molecule has 13 heavy (non-hydrogen) atoms. The molecule has 0 amide bonds. The van der Waals surface area contributed by atoms with Gasteiger partial charge in [-0.05, 0) is 20.3 Å². The van der Waals surface area contributed by atoms with Crippen LogP contribution in [-0.2, 0) is 4.74 Å². The van der Waals surface area contributed by atoms with Crippen molar-refractivity contribution < 1.29 is 4.74 Å². The molecule has 0 bridgehead atoms. The van der Waals surface area contributed by atoms with Crippen LogP contribution in [0.1, 0.15) is 27.2 Å². The topological polar surface area (TPSA) is 33.3 Å². The zero-order valence-electron chi connectivity index (χ0n) is 9.44. The van der Waals surface area contributed by atoms with Gasteiger partial charge in [0, 0.05) is 32.3 Å². The third kappa shape index (κ3) is 8.22. The lowest BCUT2D eigenvalue weighted by molar-refractivity contribution is 0.199. The van der Waals surface area contributed by atoms with Gasteiger partial charge in [0.1, 0.15) is 0 Å². The van der Waals surface area contributed by atoms with Gasteiger partial charge >= 0.3 is 0 Å². The quantitative estimate of drug-likeness (QED) is 0.558. The van der Waals surface area contributed by atoms with Gasteiger partial charge in [-0.15, -0.1) is 0 Å². The SMILES string of the molecule is CCC(C)(C)NCCNCCOC. The molecule has 0 radical (unpaired) electrons. The standard InChI is InChI=1S/C10H24N2O/c1-5-10(2,3)12-7-6-11-8-9-13-4/h11-12H,5-9H2,1-4H3. The van der Waals surface area contributed by atoms with E-state index in [2.05, 4.69) is 31.4 Å². The monoisotopic (exact) mass is 188 g/mol. The molecular weight excluding hydrogens is 164 g/mol. The molecular formula is C10H24N2O. The Kier molecular flexibility index (Phi) is 7.23. The Morgan fingerprint density at radius 2 is 1.85 bits per heavy atom. The second-order valence-corrected chi connectivity index (χ2v) is 3.91. The van der Waals surface area contributed by atoms with Crippen molar-refractivity contribution in [1.82, 2.24) is 10.6 Å². The van der Waals surface area contributed by atoms with Gasteiger partial charge in [0.15, 0.2) is 0 Å². The van der Waals surface area contributed by atoms with Crippen molar-refractivity contribution in [1.29, 1.82) is 0 Å². The Bertz CT molecular complexity index is 115. The maximum atomic E-state index is 4.93. The number of hydrogen-bond acceptors (Lipinski definition) is 3. The fourth-order valence-corrected chi connectivity index (χ4v) is 0.914. The van der Waals surface area contributed by atoms with Gasteiger partial charge in [-0.3, -0.25) is 0 Å². The number of hydrogen-bond donors (Lipinski definition) is 2. The fourth-order valence-electron chi connectivity index (χ4n) is 0.914. The first-order chi connectivity index (χ1) is 6.12. The molecule has 0 atom stereocenters. The van der Waals surface area contributed by atoms with Crippen LogP contribution in [0.2, 0.25) is 0 Å². The van der Waals surface area contributed by atoms with Crippen LogP contribution in [0.25, 0.3) is 0 Å². The van der Waals surface area contributed by atoms with Crippen LogP contribution in [0.4, 0.5) is 0 Å². The van der Waals surface area contributed by atoms with Gasteiger partial charge in [0.2, 0.25) is 0 Å². The van der Waals surface area contributed by atoms with Gasteiger partial charge in [-0.25, -0.2) is 0 Å². The molecule has 0 saturated heterocycles. The zero-order chi connectivity index (χ0) is 10.2. The summed E-state index contributed by atoms with van der Waals surface area (Å²) in [6.45, 7) is 10.4. The van der Waals surface area contributed by atoms with Crippen molar-refractivity contribution in [3.8, 4) is 0 Å². The summed E-state index contributed by atoms with van der Waals surface area (Å²) in [5.41, 5.74) is 0.267. The molecule has 0 spiro atoms. The predicted molar refractivity (Wildman–Crippen MR) is 57.1 cm³/mol. The van der Waals surface area contributed by atoms with Gasteiger partial charge < -0.3 is 15.4 Å². The van der Waals surface area contributed by atoms with E-state index in [0.29, 0.717) is 0 Å². The molecule has 0 rings (SSSR count). The fraction of sp³-hybridized carbons (Fsp3) is 1.00. The number of methoxy groups -OCH3 is 1. The molecule has 80 valence electrons. The minimum atomic E-state index is 0.267. The molecule has 0 unspecified atom stereocenters. The first-order valence-corrected chi connectivity index (χ1v) is 5.07. The Morgan fingerprint density at radius 3 is 2.38 bits per heavy atom. The van der Waals surface area contributed by atoms with Crippen LogP contribution in [0.3, 0.4) is 0 Å². The molecule has 3 nitrogen and oxygen atoms in total. The minimum absolute atomic E-state index is 0.267. The van der Waals surface area contributed by atoms with Crippen molar-refractivity contribution in [2.45, 2.75) is 32.7 Å². The van der Waals surface area contributed by atoms with Gasteiger partial charge in [0.25, 0.3) is 0 Å². The first-order valence-electron chi connectivity index (χ1n) is 5.07. The second kappa shape index (κ2) is 7.30. The minimum Gasteiger partial charge on any atom is -0.383 e. The summed E-state index contributed by atoms with van der Waals surface area (Å²) in [6, 6.07) is 0. The average molecular weight is 188 g/mol. The van der Waals surface area contributed by atoms with Gasteiger partial charge in [-0.1, -0.05) is 6.92 Å². The van der Waals surface area contributed by atoms with Crippen molar-refractivity contribution in [2.75, 3.05) is 33.4 Å².